The van der Waals surface area contributed by atoms with E-state index >= 15 is 0 Å². The van der Waals surface area contributed by atoms with Crippen molar-refractivity contribution in [3.8, 4) is 22.9 Å². The summed E-state index contributed by atoms with van der Waals surface area (Å²) in [6, 6.07) is 8.33. The second-order valence-corrected chi connectivity index (χ2v) is 9.73. The van der Waals surface area contributed by atoms with Crippen LogP contribution in [0.4, 0.5) is 0 Å². The number of pyridine rings is 2. The molecule has 0 saturated carbocycles. The van der Waals surface area contributed by atoms with Gasteiger partial charge in [0.25, 0.3) is 0 Å². The summed E-state index contributed by atoms with van der Waals surface area (Å²) in [6.45, 7) is 6.05. The van der Waals surface area contributed by atoms with E-state index in [1.54, 1.807) is 0 Å². The van der Waals surface area contributed by atoms with E-state index in [4.69, 9.17) is 19.4 Å². The third-order valence-corrected chi connectivity index (χ3v) is 6.78. The molecule has 2 aromatic rings. The van der Waals surface area contributed by atoms with Gasteiger partial charge >= 0.3 is 0 Å². The molecule has 0 spiro atoms. The first-order valence-corrected chi connectivity index (χ1v) is 14.1. The maximum atomic E-state index is 5.96. The van der Waals surface area contributed by atoms with Gasteiger partial charge in [0, 0.05) is 23.3 Å². The monoisotopic (exact) mass is 466 g/mol. The zero-order valence-electron chi connectivity index (χ0n) is 21.7. The highest BCUT2D eigenvalue weighted by molar-refractivity contribution is 5.71. The average Bonchev–Trinajstić information content (AvgIpc) is 2.87. The summed E-state index contributed by atoms with van der Waals surface area (Å²) >= 11 is 0. The largest absolute Gasteiger partial charge is 0.478 e. The predicted molar refractivity (Wildman–Crippen MR) is 142 cm³/mol. The Balaban J connectivity index is 1.40. The molecule has 2 heterocycles. The summed E-state index contributed by atoms with van der Waals surface area (Å²) in [7, 11) is 0. The molecule has 2 aromatic heterocycles. The lowest BCUT2D eigenvalue weighted by atomic mass is 9.92. The van der Waals surface area contributed by atoms with Crippen LogP contribution in [0.5, 0.6) is 11.8 Å². The third-order valence-electron chi connectivity index (χ3n) is 6.78. The molecule has 0 radical (unpaired) electrons. The van der Waals surface area contributed by atoms with Crippen LogP contribution >= 0.6 is 0 Å². The van der Waals surface area contributed by atoms with Crippen LogP contribution in [0, 0.1) is 0 Å². The maximum Gasteiger partial charge on any atom is 0.213 e. The van der Waals surface area contributed by atoms with E-state index in [2.05, 4.69) is 26.0 Å². The zero-order valence-corrected chi connectivity index (χ0v) is 21.7. The van der Waals surface area contributed by atoms with Gasteiger partial charge in [-0.15, -0.1) is 0 Å². The summed E-state index contributed by atoms with van der Waals surface area (Å²) < 4.78 is 11.9. The molecule has 0 aromatic carbocycles. The fourth-order valence-corrected chi connectivity index (χ4v) is 4.70. The lowest BCUT2D eigenvalue weighted by Crippen LogP contribution is -2.10. The van der Waals surface area contributed by atoms with Gasteiger partial charge in [-0.2, -0.15) is 0 Å². The Morgan fingerprint density at radius 1 is 0.529 bits per heavy atom. The van der Waals surface area contributed by atoms with Crippen LogP contribution in [-0.2, 0) is 12.8 Å². The Labute approximate surface area is 207 Å². The summed E-state index contributed by atoms with van der Waals surface area (Å²) in [5.41, 5.74) is 4.64. The van der Waals surface area contributed by atoms with Crippen LogP contribution in [-0.4, -0.2) is 23.2 Å². The van der Waals surface area contributed by atoms with Crippen LogP contribution in [0.2, 0.25) is 0 Å². The number of hydrogen-bond donors (Lipinski definition) is 0. The van der Waals surface area contributed by atoms with Gasteiger partial charge in [-0.3, -0.25) is 0 Å². The minimum Gasteiger partial charge on any atom is -0.478 e. The Morgan fingerprint density at radius 2 is 0.912 bits per heavy atom. The first-order chi connectivity index (χ1) is 16.8. The Morgan fingerprint density at radius 3 is 1.32 bits per heavy atom. The Kier molecular flexibility index (Phi) is 12.3. The first kappa shape index (κ1) is 26.5. The van der Waals surface area contributed by atoms with E-state index < -0.39 is 0 Å². The molecule has 0 saturated heterocycles. The molecule has 0 atom stereocenters. The minimum absolute atomic E-state index is 0.758. The summed E-state index contributed by atoms with van der Waals surface area (Å²) in [4.78, 5) is 9.61. The molecule has 0 unspecified atom stereocenters. The van der Waals surface area contributed by atoms with Crippen molar-refractivity contribution < 1.29 is 9.47 Å². The van der Waals surface area contributed by atoms with Crippen molar-refractivity contribution in [2.75, 3.05) is 13.2 Å². The molecule has 4 heteroatoms. The molecular formula is C30H46N2O2. The Bertz CT molecular complexity index is 837. The molecule has 0 fully saturated rings. The van der Waals surface area contributed by atoms with Crippen molar-refractivity contribution >= 4 is 0 Å². The third kappa shape index (κ3) is 8.92. The number of ether oxygens (including phenoxy) is 2. The molecule has 1 aliphatic rings. The molecule has 0 bridgehead atoms. The van der Waals surface area contributed by atoms with Gasteiger partial charge < -0.3 is 9.47 Å². The summed E-state index contributed by atoms with van der Waals surface area (Å²) in [6.07, 6.45) is 20.0. The fourth-order valence-electron chi connectivity index (χ4n) is 4.70. The Hall–Kier alpha value is -2.10. The molecular weight excluding hydrogens is 420 g/mol. The number of fused-ring (bicyclic) bond motifs is 3. The van der Waals surface area contributed by atoms with Crippen molar-refractivity contribution in [1.82, 2.24) is 9.97 Å². The number of unbranched alkanes of at least 4 members (excludes halogenated alkanes) is 12. The topological polar surface area (TPSA) is 44.2 Å². The lowest BCUT2D eigenvalue weighted by Gasteiger charge is -2.19. The lowest BCUT2D eigenvalue weighted by molar-refractivity contribution is 0.291. The van der Waals surface area contributed by atoms with E-state index in [1.165, 1.54) is 88.2 Å². The number of nitrogens with zero attached hydrogens (tertiary/aromatic N) is 2. The van der Waals surface area contributed by atoms with E-state index in [9.17, 15) is 0 Å². The fraction of sp³-hybridized carbons (Fsp3) is 0.667. The molecule has 188 valence electrons. The van der Waals surface area contributed by atoms with Gasteiger partial charge in [0.2, 0.25) is 11.8 Å². The van der Waals surface area contributed by atoms with Crippen LogP contribution in [0.1, 0.15) is 115 Å². The van der Waals surface area contributed by atoms with Crippen LogP contribution in [0.3, 0.4) is 0 Å². The maximum absolute atomic E-state index is 5.96. The van der Waals surface area contributed by atoms with Crippen LogP contribution < -0.4 is 9.47 Å². The highest BCUT2D eigenvalue weighted by Crippen LogP contribution is 2.34. The molecule has 3 rings (SSSR count). The number of aromatic nitrogens is 2. The minimum atomic E-state index is 0.758. The van der Waals surface area contributed by atoms with Crippen molar-refractivity contribution in [2.45, 2.75) is 117 Å². The molecule has 34 heavy (non-hydrogen) atoms. The van der Waals surface area contributed by atoms with Gasteiger partial charge in [-0.1, -0.05) is 90.9 Å². The SMILES string of the molecule is CCCCCCCCCCOc1ccc2c(n1)CCc1nc(OCCCCCCCC)ccc1-2. The van der Waals surface area contributed by atoms with Gasteiger partial charge in [-0.25, -0.2) is 9.97 Å². The standard InChI is InChI=1S/C30H46N2O2/c1-3-5-7-9-11-12-14-16-24-34-30-22-18-26-25-17-21-29(31-27(25)19-20-28(26)32-30)33-23-15-13-10-8-6-4-2/h17-18,21-22H,3-16,19-20,23-24H2,1-2H3. The smallest absolute Gasteiger partial charge is 0.213 e. The molecule has 4 nitrogen and oxygen atoms in total. The number of aryl methyl sites for hydroxylation is 2. The van der Waals surface area contributed by atoms with E-state index in [1.807, 2.05) is 12.1 Å². The predicted octanol–water partition coefficient (Wildman–Crippen LogP) is 8.50. The van der Waals surface area contributed by atoms with Gasteiger partial charge in [-0.05, 0) is 37.8 Å². The first-order valence-electron chi connectivity index (χ1n) is 14.1. The van der Waals surface area contributed by atoms with Crippen molar-refractivity contribution in [2.24, 2.45) is 0 Å². The van der Waals surface area contributed by atoms with Crippen LogP contribution in [0.25, 0.3) is 11.1 Å². The quantitative estimate of drug-likeness (QED) is 0.207. The van der Waals surface area contributed by atoms with Gasteiger partial charge in [0.1, 0.15) is 0 Å². The normalized spacial score (nSPS) is 12.3. The summed E-state index contributed by atoms with van der Waals surface area (Å²) in [5.74, 6) is 1.52. The highest BCUT2D eigenvalue weighted by atomic mass is 16.5. The number of rotatable bonds is 18. The number of hydrogen-bond acceptors (Lipinski definition) is 4. The van der Waals surface area contributed by atoms with Gasteiger partial charge in [0.05, 0.1) is 24.6 Å². The average molecular weight is 467 g/mol. The molecule has 0 N–H and O–H groups in total. The molecule has 0 aliphatic heterocycles. The molecule has 0 amide bonds. The van der Waals surface area contributed by atoms with E-state index in [0.29, 0.717) is 0 Å². The van der Waals surface area contributed by atoms with Crippen LogP contribution in [0.15, 0.2) is 24.3 Å². The highest BCUT2D eigenvalue weighted by Gasteiger charge is 2.19. The van der Waals surface area contributed by atoms with E-state index in [0.717, 1.165) is 62.0 Å². The van der Waals surface area contributed by atoms with Crippen molar-refractivity contribution in [3.63, 3.8) is 0 Å². The zero-order chi connectivity index (χ0) is 23.8. The van der Waals surface area contributed by atoms with Crippen molar-refractivity contribution in [3.05, 3.63) is 35.7 Å². The second kappa shape index (κ2) is 15.7. The van der Waals surface area contributed by atoms with E-state index in [-0.39, 0.29) is 0 Å². The van der Waals surface area contributed by atoms with Crippen molar-refractivity contribution in [1.29, 1.82) is 0 Å². The summed E-state index contributed by atoms with van der Waals surface area (Å²) in [5, 5.41) is 0. The molecule has 1 aliphatic carbocycles. The second-order valence-electron chi connectivity index (χ2n) is 9.73. The van der Waals surface area contributed by atoms with Gasteiger partial charge in [0.15, 0.2) is 0 Å².